The summed E-state index contributed by atoms with van der Waals surface area (Å²) in [5, 5.41) is 11.2. The largest absolute Gasteiger partial charge is 0.381 e. The van der Waals surface area contributed by atoms with E-state index in [2.05, 4.69) is 20.5 Å². The number of nitrogens with zero attached hydrogens (tertiary/aromatic N) is 3. The lowest BCUT2D eigenvalue weighted by molar-refractivity contribution is 0.187. The van der Waals surface area contributed by atoms with Crippen molar-refractivity contribution in [2.75, 3.05) is 25.1 Å². The minimum absolute atomic E-state index is 0.579. The van der Waals surface area contributed by atoms with Crippen LogP contribution >= 0.6 is 0 Å². The van der Waals surface area contributed by atoms with Crippen molar-refractivity contribution in [1.29, 1.82) is 0 Å². The fourth-order valence-corrected chi connectivity index (χ4v) is 1.51. The van der Waals surface area contributed by atoms with E-state index < -0.39 is 0 Å². The monoisotopic (exact) mass is 208 g/mol. The summed E-state index contributed by atoms with van der Waals surface area (Å²) in [6.07, 6.45) is 1.12. The van der Waals surface area contributed by atoms with Crippen molar-refractivity contribution in [2.24, 2.45) is 5.92 Å². The van der Waals surface area contributed by atoms with E-state index in [4.69, 9.17) is 4.74 Å². The van der Waals surface area contributed by atoms with Gasteiger partial charge in [-0.2, -0.15) is 5.10 Å². The number of rotatable bonds is 3. The van der Waals surface area contributed by atoms with Crippen molar-refractivity contribution in [3.8, 4) is 0 Å². The number of aryl methyl sites for hydroxylation is 2. The maximum Gasteiger partial charge on any atom is 0.242 e. The smallest absolute Gasteiger partial charge is 0.242 e. The van der Waals surface area contributed by atoms with Crippen LogP contribution in [0.1, 0.15) is 17.8 Å². The van der Waals surface area contributed by atoms with Crippen LogP contribution < -0.4 is 5.32 Å². The first-order valence-corrected chi connectivity index (χ1v) is 5.25. The number of aromatic nitrogens is 3. The normalized spacial score (nSPS) is 20.5. The average Bonchev–Trinajstić information content (AvgIpc) is 2.73. The molecule has 1 aliphatic rings. The standard InChI is InChI=1S/C10H16N4O/c1-7-8(2)13-14-10(12-7)11-5-9-3-4-15-6-9/h9H,3-6H2,1-2H3,(H,11,12,14). The highest BCUT2D eigenvalue weighted by Crippen LogP contribution is 2.12. The molecule has 0 saturated carbocycles. The Morgan fingerprint density at radius 3 is 2.87 bits per heavy atom. The molecule has 2 heterocycles. The summed E-state index contributed by atoms with van der Waals surface area (Å²) >= 11 is 0. The minimum Gasteiger partial charge on any atom is -0.381 e. The first-order valence-electron chi connectivity index (χ1n) is 5.25. The van der Waals surface area contributed by atoms with Gasteiger partial charge in [-0.15, -0.1) is 5.10 Å². The van der Waals surface area contributed by atoms with Gasteiger partial charge in [-0.1, -0.05) is 0 Å². The van der Waals surface area contributed by atoms with Crippen molar-refractivity contribution in [1.82, 2.24) is 15.2 Å². The summed E-state index contributed by atoms with van der Waals surface area (Å²) in [4.78, 5) is 4.31. The third kappa shape index (κ3) is 2.62. The van der Waals surface area contributed by atoms with Gasteiger partial charge in [0.05, 0.1) is 18.0 Å². The van der Waals surface area contributed by atoms with Gasteiger partial charge in [-0.05, 0) is 20.3 Å². The lowest BCUT2D eigenvalue weighted by atomic mass is 10.1. The van der Waals surface area contributed by atoms with E-state index in [-0.39, 0.29) is 0 Å². The van der Waals surface area contributed by atoms with Crippen LogP contribution in [-0.2, 0) is 4.74 Å². The summed E-state index contributed by atoms with van der Waals surface area (Å²) in [6.45, 7) is 6.42. The molecule has 0 bridgehead atoms. The molecule has 0 aliphatic carbocycles. The van der Waals surface area contributed by atoms with Crippen molar-refractivity contribution in [3.63, 3.8) is 0 Å². The quantitative estimate of drug-likeness (QED) is 0.801. The number of nitrogens with one attached hydrogen (secondary N) is 1. The second-order valence-electron chi connectivity index (χ2n) is 3.92. The Hall–Kier alpha value is -1.23. The Morgan fingerprint density at radius 1 is 1.33 bits per heavy atom. The highest BCUT2D eigenvalue weighted by Gasteiger charge is 2.15. The van der Waals surface area contributed by atoms with Crippen molar-refractivity contribution < 1.29 is 4.74 Å². The Morgan fingerprint density at radius 2 is 2.20 bits per heavy atom. The van der Waals surface area contributed by atoms with Gasteiger partial charge in [0.1, 0.15) is 0 Å². The van der Waals surface area contributed by atoms with Crippen LogP contribution in [0.2, 0.25) is 0 Å². The van der Waals surface area contributed by atoms with Gasteiger partial charge >= 0.3 is 0 Å². The van der Waals surface area contributed by atoms with Crippen LogP contribution in [0.4, 0.5) is 5.95 Å². The molecule has 5 heteroatoms. The molecule has 5 nitrogen and oxygen atoms in total. The lowest BCUT2D eigenvalue weighted by Crippen LogP contribution is -2.16. The number of hydrogen-bond donors (Lipinski definition) is 1. The first kappa shape index (κ1) is 10.3. The molecule has 1 aliphatic heterocycles. The molecular formula is C10H16N4O. The molecule has 1 saturated heterocycles. The summed E-state index contributed by atoms with van der Waals surface area (Å²) in [7, 11) is 0. The highest BCUT2D eigenvalue weighted by molar-refractivity contribution is 5.24. The van der Waals surface area contributed by atoms with Crippen LogP contribution in [0, 0.1) is 19.8 Å². The molecular weight excluding hydrogens is 192 g/mol. The van der Waals surface area contributed by atoms with Gasteiger partial charge in [0.15, 0.2) is 0 Å². The Bertz CT molecular complexity index is 336. The second-order valence-corrected chi connectivity index (χ2v) is 3.92. The molecule has 0 aromatic carbocycles. The molecule has 0 spiro atoms. The van der Waals surface area contributed by atoms with Gasteiger partial charge in [0.25, 0.3) is 0 Å². The van der Waals surface area contributed by atoms with E-state index >= 15 is 0 Å². The molecule has 1 fully saturated rings. The lowest BCUT2D eigenvalue weighted by Gasteiger charge is -2.09. The van der Waals surface area contributed by atoms with Gasteiger partial charge in [0, 0.05) is 19.1 Å². The van der Waals surface area contributed by atoms with E-state index in [9.17, 15) is 0 Å². The molecule has 1 atom stereocenters. The SMILES string of the molecule is Cc1nnc(NCC2CCOC2)nc1C. The van der Waals surface area contributed by atoms with Gasteiger partial charge in [-0.25, -0.2) is 4.98 Å². The van der Waals surface area contributed by atoms with Crippen LogP contribution in [-0.4, -0.2) is 34.9 Å². The van der Waals surface area contributed by atoms with Gasteiger partial charge < -0.3 is 10.1 Å². The topological polar surface area (TPSA) is 59.9 Å². The summed E-state index contributed by atoms with van der Waals surface area (Å²) in [6, 6.07) is 0. The molecule has 15 heavy (non-hydrogen) atoms. The molecule has 82 valence electrons. The van der Waals surface area contributed by atoms with Crippen LogP contribution in [0.15, 0.2) is 0 Å². The maximum absolute atomic E-state index is 5.29. The average molecular weight is 208 g/mol. The van der Waals surface area contributed by atoms with E-state index in [0.29, 0.717) is 11.9 Å². The minimum atomic E-state index is 0.579. The van der Waals surface area contributed by atoms with Crippen LogP contribution in [0.25, 0.3) is 0 Å². The molecule has 1 unspecified atom stereocenters. The summed E-state index contributed by atoms with van der Waals surface area (Å²) in [5.74, 6) is 1.19. The highest BCUT2D eigenvalue weighted by atomic mass is 16.5. The van der Waals surface area contributed by atoms with Crippen LogP contribution in [0.3, 0.4) is 0 Å². The van der Waals surface area contributed by atoms with E-state index in [0.717, 1.165) is 37.6 Å². The summed E-state index contributed by atoms with van der Waals surface area (Å²) < 4.78 is 5.29. The van der Waals surface area contributed by atoms with Crippen LogP contribution in [0.5, 0.6) is 0 Å². The van der Waals surface area contributed by atoms with Crippen molar-refractivity contribution in [2.45, 2.75) is 20.3 Å². The van der Waals surface area contributed by atoms with E-state index in [1.807, 2.05) is 13.8 Å². The van der Waals surface area contributed by atoms with Gasteiger partial charge in [-0.3, -0.25) is 0 Å². The van der Waals surface area contributed by atoms with Crippen molar-refractivity contribution in [3.05, 3.63) is 11.4 Å². The first-order chi connectivity index (χ1) is 7.25. The molecule has 2 rings (SSSR count). The van der Waals surface area contributed by atoms with E-state index in [1.165, 1.54) is 0 Å². The fourth-order valence-electron chi connectivity index (χ4n) is 1.51. The zero-order valence-electron chi connectivity index (χ0n) is 9.16. The number of anilines is 1. The predicted molar refractivity (Wildman–Crippen MR) is 56.7 cm³/mol. The Balaban J connectivity index is 1.90. The fraction of sp³-hybridized carbons (Fsp3) is 0.700. The third-order valence-electron chi connectivity index (χ3n) is 2.66. The zero-order chi connectivity index (χ0) is 10.7. The molecule has 1 aromatic heterocycles. The van der Waals surface area contributed by atoms with Gasteiger partial charge in [0.2, 0.25) is 5.95 Å². The van der Waals surface area contributed by atoms with E-state index in [1.54, 1.807) is 0 Å². The Kier molecular flexibility index (Phi) is 3.11. The van der Waals surface area contributed by atoms with Crippen molar-refractivity contribution >= 4 is 5.95 Å². The Labute approximate surface area is 89.3 Å². The number of hydrogen-bond acceptors (Lipinski definition) is 5. The molecule has 1 aromatic rings. The molecule has 0 radical (unpaired) electrons. The molecule has 1 N–H and O–H groups in total. The second kappa shape index (κ2) is 4.53. The summed E-state index contributed by atoms with van der Waals surface area (Å²) in [5.41, 5.74) is 1.81. The predicted octanol–water partition coefficient (Wildman–Crippen LogP) is 0.937. The number of ether oxygens (including phenoxy) is 1. The zero-order valence-corrected chi connectivity index (χ0v) is 9.16. The third-order valence-corrected chi connectivity index (χ3v) is 2.66. The maximum atomic E-state index is 5.29. The molecule has 0 amide bonds.